The van der Waals surface area contributed by atoms with Gasteiger partial charge in [-0.25, -0.2) is 8.42 Å². The summed E-state index contributed by atoms with van der Waals surface area (Å²) in [5, 5.41) is 2.87. The van der Waals surface area contributed by atoms with E-state index in [4.69, 9.17) is 0 Å². The van der Waals surface area contributed by atoms with E-state index in [0.29, 0.717) is 6.54 Å². The minimum atomic E-state index is -2.77. The lowest BCUT2D eigenvalue weighted by Crippen LogP contribution is -2.22. The quantitative estimate of drug-likeness (QED) is 0.541. The molecule has 9 heavy (non-hydrogen) atoms. The van der Waals surface area contributed by atoms with E-state index in [1.54, 1.807) is 0 Å². The van der Waals surface area contributed by atoms with Crippen molar-refractivity contribution in [2.24, 2.45) is 0 Å². The lowest BCUT2D eigenvalue weighted by Gasteiger charge is -2.02. The van der Waals surface area contributed by atoms with E-state index in [1.165, 1.54) is 6.26 Å². The maximum atomic E-state index is 10.8. The van der Waals surface area contributed by atoms with Crippen molar-refractivity contribution in [3.8, 4) is 0 Å². The highest BCUT2D eigenvalue weighted by Crippen LogP contribution is 2.06. The van der Waals surface area contributed by atoms with Crippen molar-refractivity contribution in [3.05, 3.63) is 0 Å². The summed E-state index contributed by atoms with van der Waals surface area (Å²) in [5.74, 6) is 0. The Balaban J connectivity index is 2.63. The predicted molar refractivity (Wildman–Crippen MR) is 36.1 cm³/mol. The molecule has 0 aliphatic carbocycles. The zero-order valence-corrected chi connectivity index (χ0v) is 6.24. The molecule has 0 aromatic rings. The third-order valence-corrected chi connectivity index (χ3v) is 3.23. The van der Waals surface area contributed by atoms with Gasteiger partial charge in [0.05, 0.1) is 5.25 Å². The van der Waals surface area contributed by atoms with Gasteiger partial charge >= 0.3 is 0 Å². The Hall–Kier alpha value is -0.0900. The summed E-state index contributed by atoms with van der Waals surface area (Å²) in [6, 6.07) is 0. The van der Waals surface area contributed by atoms with E-state index < -0.39 is 9.84 Å². The van der Waals surface area contributed by atoms with Gasteiger partial charge in [0, 0.05) is 12.8 Å². The van der Waals surface area contributed by atoms with Crippen LogP contribution in [0.5, 0.6) is 0 Å². The van der Waals surface area contributed by atoms with Gasteiger partial charge in [-0.05, 0) is 13.0 Å². The number of sulfone groups is 1. The number of hydrogen-bond donors (Lipinski definition) is 1. The summed E-state index contributed by atoms with van der Waals surface area (Å²) >= 11 is 0. The molecule has 1 saturated heterocycles. The topological polar surface area (TPSA) is 46.2 Å². The van der Waals surface area contributed by atoms with Crippen LogP contribution in [0.4, 0.5) is 0 Å². The molecule has 0 aromatic heterocycles. The van der Waals surface area contributed by atoms with E-state index in [0.717, 1.165) is 13.0 Å². The molecule has 0 unspecified atom stereocenters. The average molecular weight is 149 g/mol. The van der Waals surface area contributed by atoms with Gasteiger partial charge in [0.1, 0.15) is 0 Å². The van der Waals surface area contributed by atoms with Crippen LogP contribution in [0.25, 0.3) is 0 Å². The highest BCUT2D eigenvalue weighted by Gasteiger charge is 2.23. The first-order chi connectivity index (χ1) is 4.11. The molecule has 1 atom stereocenters. The largest absolute Gasteiger partial charge is 0.315 e. The number of rotatable bonds is 1. The predicted octanol–water partition coefficient (Wildman–Crippen LogP) is -0.607. The first-order valence-electron chi connectivity index (χ1n) is 3.00. The average Bonchev–Trinajstić information content (AvgIpc) is 2.08. The van der Waals surface area contributed by atoms with Crippen molar-refractivity contribution in [3.63, 3.8) is 0 Å². The van der Waals surface area contributed by atoms with Crippen LogP contribution in [-0.4, -0.2) is 33.0 Å². The van der Waals surface area contributed by atoms with Crippen LogP contribution in [0.2, 0.25) is 0 Å². The summed E-state index contributed by atoms with van der Waals surface area (Å²) in [6.45, 7) is 1.48. The van der Waals surface area contributed by atoms with Crippen molar-refractivity contribution in [1.29, 1.82) is 0 Å². The Morgan fingerprint density at radius 1 is 1.56 bits per heavy atom. The number of nitrogens with one attached hydrogen (secondary N) is 1. The third-order valence-electron chi connectivity index (χ3n) is 1.62. The molecule has 1 N–H and O–H groups in total. The first-order valence-corrected chi connectivity index (χ1v) is 4.96. The lowest BCUT2D eigenvalue weighted by atomic mass is 10.4. The van der Waals surface area contributed by atoms with Gasteiger partial charge in [0.25, 0.3) is 0 Å². The smallest absolute Gasteiger partial charge is 0.151 e. The van der Waals surface area contributed by atoms with E-state index >= 15 is 0 Å². The molecule has 0 radical (unpaired) electrons. The zero-order valence-electron chi connectivity index (χ0n) is 5.42. The van der Waals surface area contributed by atoms with Crippen LogP contribution >= 0.6 is 0 Å². The van der Waals surface area contributed by atoms with E-state index in [2.05, 4.69) is 5.32 Å². The molecule has 1 aliphatic heterocycles. The fourth-order valence-corrected chi connectivity index (χ4v) is 1.96. The second kappa shape index (κ2) is 2.27. The fourth-order valence-electron chi connectivity index (χ4n) is 0.994. The van der Waals surface area contributed by atoms with E-state index in [9.17, 15) is 8.42 Å². The van der Waals surface area contributed by atoms with Crippen molar-refractivity contribution in [2.75, 3.05) is 19.3 Å². The Morgan fingerprint density at radius 2 is 2.22 bits per heavy atom. The van der Waals surface area contributed by atoms with Crippen LogP contribution in [0.1, 0.15) is 6.42 Å². The second-order valence-electron chi connectivity index (χ2n) is 2.44. The Kier molecular flexibility index (Phi) is 1.77. The summed E-state index contributed by atoms with van der Waals surface area (Å²) in [5.41, 5.74) is 0. The Labute approximate surface area is 55.4 Å². The SMILES string of the molecule is CS(=O)(=O)[C@H]1CCNC1. The zero-order chi connectivity index (χ0) is 6.91. The van der Waals surface area contributed by atoms with Crippen LogP contribution in [0.15, 0.2) is 0 Å². The van der Waals surface area contributed by atoms with Crippen molar-refractivity contribution < 1.29 is 8.42 Å². The minimum absolute atomic E-state index is 0.127. The molecule has 0 aromatic carbocycles. The molecule has 3 nitrogen and oxygen atoms in total. The molecule has 0 amide bonds. The summed E-state index contributed by atoms with van der Waals surface area (Å²) in [7, 11) is -2.77. The molecule has 1 heterocycles. The summed E-state index contributed by atoms with van der Waals surface area (Å²) in [4.78, 5) is 0. The second-order valence-corrected chi connectivity index (χ2v) is 4.77. The Bertz CT molecular complexity index is 179. The third kappa shape index (κ3) is 1.66. The molecule has 4 heteroatoms. The van der Waals surface area contributed by atoms with Gasteiger partial charge in [-0.1, -0.05) is 0 Å². The van der Waals surface area contributed by atoms with E-state index in [-0.39, 0.29) is 5.25 Å². The van der Waals surface area contributed by atoms with Gasteiger partial charge in [-0.2, -0.15) is 0 Å². The minimum Gasteiger partial charge on any atom is -0.315 e. The van der Waals surface area contributed by atoms with Crippen LogP contribution in [0, 0.1) is 0 Å². The van der Waals surface area contributed by atoms with Crippen molar-refractivity contribution >= 4 is 9.84 Å². The monoisotopic (exact) mass is 149 g/mol. The highest BCUT2D eigenvalue weighted by atomic mass is 32.2. The molecule has 0 saturated carbocycles. The summed E-state index contributed by atoms with van der Waals surface area (Å²) < 4.78 is 21.6. The number of hydrogen-bond acceptors (Lipinski definition) is 3. The standard InChI is InChI=1S/C5H11NO2S/c1-9(7,8)5-2-3-6-4-5/h5-6H,2-4H2,1H3/t5-/m0/s1. The molecule has 1 aliphatic rings. The first kappa shape index (κ1) is 7.02. The van der Waals surface area contributed by atoms with Crippen LogP contribution < -0.4 is 5.32 Å². The Morgan fingerprint density at radius 3 is 2.44 bits per heavy atom. The fraction of sp³-hybridized carbons (Fsp3) is 1.00. The molecule has 1 rings (SSSR count). The van der Waals surface area contributed by atoms with Gasteiger partial charge in [-0.15, -0.1) is 0 Å². The van der Waals surface area contributed by atoms with Gasteiger partial charge in [0.15, 0.2) is 9.84 Å². The lowest BCUT2D eigenvalue weighted by molar-refractivity contribution is 0.589. The van der Waals surface area contributed by atoms with Crippen LogP contribution in [-0.2, 0) is 9.84 Å². The van der Waals surface area contributed by atoms with Crippen molar-refractivity contribution in [2.45, 2.75) is 11.7 Å². The molecule has 0 bridgehead atoms. The van der Waals surface area contributed by atoms with Crippen molar-refractivity contribution in [1.82, 2.24) is 5.32 Å². The molecule has 1 fully saturated rings. The van der Waals surface area contributed by atoms with Gasteiger partial charge < -0.3 is 5.32 Å². The highest BCUT2D eigenvalue weighted by molar-refractivity contribution is 7.91. The van der Waals surface area contributed by atoms with E-state index in [1.807, 2.05) is 0 Å². The molecular formula is C5H11NO2S. The molecule has 54 valence electrons. The van der Waals surface area contributed by atoms with Crippen LogP contribution in [0.3, 0.4) is 0 Å². The maximum absolute atomic E-state index is 10.8. The normalized spacial score (nSPS) is 28.8. The molecule has 0 spiro atoms. The van der Waals surface area contributed by atoms with Gasteiger partial charge in [-0.3, -0.25) is 0 Å². The van der Waals surface area contributed by atoms with Gasteiger partial charge in [0.2, 0.25) is 0 Å². The molecular weight excluding hydrogens is 138 g/mol. The summed E-state index contributed by atoms with van der Waals surface area (Å²) in [6.07, 6.45) is 2.07. The maximum Gasteiger partial charge on any atom is 0.151 e.